The molecule has 39 heavy (non-hydrogen) atoms. The highest BCUT2D eigenvalue weighted by Crippen LogP contribution is 2.34. The number of hydrogen-bond acceptors (Lipinski definition) is 2. The van der Waals surface area contributed by atoms with Crippen LogP contribution in [-0.4, -0.2) is 25.2 Å². The number of carbonyl (C=O) groups is 2. The Morgan fingerprint density at radius 3 is 1.51 bits per heavy atom. The van der Waals surface area contributed by atoms with Crippen molar-refractivity contribution in [1.82, 2.24) is 10.6 Å². The Bertz CT molecular complexity index is 929. The molecule has 6 nitrogen and oxygen atoms in total. The smallest absolute Gasteiger partial charge is 0.319 e. The molecule has 4 N–H and O–H groups in total. The highest BCUT2D eigenvalue weighted by atomic mass is 16.2. The molecule has 0 fully saturated rings. The zero-order valence-corrected chi connectivity index (χ0v) is 24.7. The molecule has 0 heterocycles. The summed E-state index contributed by atoms with van der Waals surface area (Å²) in [4.78, 5) is 25.6. The first kappa shape index (κ1) is 33.7. The van der Waals surface area contributed by atoms with Gasteiger partial charge in [-0.05, 0) is 99.7 Å². The quantitative estimate of drug-likeness (QED) is 0.125. The van der Waals surface area contributed by atoms with Crippen LogP contribution in [0.2, 0.25) is 0 Å². The molecule has 4 amide bonds. The molecule has 216 valence electrons. The van der Waals surface area contributed by atoms with Crippen LogP contribution in [0.25, 0.3) is 0 Å². The van der Waals surface area contributed by atoms with Crippen LogP contribution in [0.3, 0.4) is 0 Å². The van der Waals surface area contributed by atoms with E-state index in [1.165, 1.54) is 0 Å². The third-order valence-electron chi connectivity index (χ3n) is 8.01. The Hall–Kier alpha value is -3.28. The van der Waals surface area contributed by atoms with Crippen molar-refractivity contribution >= 4 is 23.4 Å². The second kappa shape index (κ2) is 18.1. The fraction of sp³-hybridized carbons (Fsp3) is 0.515. The number of amides is 4. The van der Waals surface area contributed by atoms with E-state index in [-0.39, 0.29) is 22.9 Å². The van der Waals surface area contributed by atoms with Gasteiger partial charge < -0.3 is 21.3 Å². The van der Waals surface area contributed by atoms with Gasteiger partial charge in [0.2, 0.25) is 0 Å². The molecule has 1 aromatic carbocycles. The molecule has 0 radical (unpaired) electrons. The summed E-state index contributed by atoms with van der Waals surface area (Å²) < 4.78 is 0. The van der Waals surface area contributed by atoms with E-state index in [1.54, 1.807) is 6.07 Å². The Balaban J connectivity index is 2.83. The van der Waals surface area contributed by atoms with Crippen LogP contribution in [0.5, 0.6) is 0 Å². The van der Waals surface area contributed by atoms with Gasteiger partial charge in [0.25, 0.3) is 0 Å². The van der Waals surface area contributed by atoms with E-state index in [0.717, 1.165) is 69.8 Å². The average Bonchev–Trinajstić information content (AvgIpc) is 2.94. The van der Waals surface area contributed by atoms with Crippen LogP contribution in [-0.2, 0) is 0 Å². The Morgan fingerprint density at radius 1 is 0.718 bits per heavy atom. The summed E-state index contributed by atoms with van der Waals surface area (Å²) in [5.74, 6) is 0. The number of benzene rings is 1. The van der Waals surface area contributed by atoms with E-state index in [9.17, 15) is 9.59 Å². The fourth-order valence-corrected chi connectivity index (χ4v) is 4.91. The van der Waals surface area contributed by atoms with Crippen molar-refractivity contribution in [2.24, 2.45) is 10.8 Å². The third-order valence-corrected chi connectivity index (χ3v) is 8.01. The fourth-order valence-electron chi connectivity index (χ4n) is 4.91. The number of urea groups is 2. The highest BCUT2D eigenvalue weighted by Gasteiger charge is 2.28. The summed E-state index contributed by atoms with van der Waals surface area (Å²) in [5.41, 5.74) is 2.19. The van der Waals surface area contributed by atoms with E-state index in [2.05, 4.69) is 61.4 Å². The number of hydrogen-bond donors (Lipinski definition) is 4. The van der Waals surface area contributed by atoms with Gasteiger partial charge in [0.15, 0.2) is 0 Å². The molecule has 0 aromatic heterocycles. The minimum absolute atomic E-state index is 0.00130. The lowest BCUT2D eigenvalue weighted by atomic mass is 9.76. The Kier molecular flexibility index (Phi) is 15.7. The number of allylic oxidation sites excluding steroid dienone is 4. The van der Waals surface area contributed by atoms with E-state index in [4.69, 9.17) is 0 Å². The summed E-state index contributed by atoms with van der Waals surface area (Å²) in [7, 11) is 0. The maximum absolute atomic E-state index is 12.9. The molecule has 0 bridgehead atoms. The predicted octanol–water partition coefficient (Wildman–Crippen LogP) is 8.90. The molecular weight excluding hydrogens is 484 g/mol. The number of nitrogens with one attached hydrogen (secondary N) is 4. The van der Waals surface area contributed by atoms with Crippen LogP contribution < -0.4 is 21.3 Å². The minimum atomic E-state index is -0.263. The molecule has 0 spiro atoms. The lowest BCUT2D eigenvalue weighted by Gasteiger charge is -2.33. The van der Waals surface area contributed by atoms with Crippen LogP contribution in [0.1, 0.15) is 83.6 Å². The van der Waals surface area contributed by atoms with Gasteiger partial charge in [-0.2, -0.15) is 0 Å². The molecule has 0 saturated heterocycles. The number of anilines is 2. The van der Waals surface area contributed by atoms with Crippen molar-refractivity contribution in [3.63, 3.8) is 0 Å². The first-order chi connectivity index (χ1) is 18.7. The van der Waals surface area contributed by atoms with Gasteiger partial charge in [0.05, 0.1) is 0 Å². The standard InChI is InChI=1S/C33H52N4O2/c1-8-14-20-32(12-5,21-15-9-2)25-34-30(38)36-28-19-18-27(7)29(24-28)37-31(39)35-26-33(13-6,22-16-10-3)23-17-11-4/h8-11,18-19,24H,1-4,12-17,20-23,25-26H2,5-7H3,(H2,34,36,38)(H2,35,37,39). The zero-order valence-electron chi connectivity index (χ0n) is 24.7. The van der Waals surface area contributed by atoms with Gasteiger partial charge in [-0.15, -0.1) is 26.3 Å². The Morgan fingerprint density at radius 2 is 1.13 bits per heavy atom. The molecule has 6 heteroatoms. The molecule has 0 atom stereocenters. The van der Waals surface area contributed by atoms with Crippen LogP contribution in [0, 0.1) is 17.8 Å². The van der Waals surface area contributed by atoms with E-state index in [1.807, 2.05) is 43.4 Å². The third kappa shape index (κ3) is 12.0. The summed E-state index contributed by atoms with van der Waals surface area (Å²) in [5, 5.41) is 12.0. The summed E-state index contributed by atoms with van der Waals surface area (Å²) >= 11 is 0. The number of carbonyl (C=O) groups excluding carboxylic acids is 2. The van der Waals surface area contributed by atoms with E-state index >= 15 is 0 Å². The predicted molar refractivity (Wildman–Crippen MR) is 168 cm³/mol. The lowest BCUT2D eigenvalue weighted by Crippen LogP contribution is -2.40. The monoisotopic (exact) mass is 536 g/mol. The first-order valence-electron chi connectivity index (χ1n) is 14.4. The molecule has 0 unspecified atom stereocenters. The van der Waals surface area contributed by atoms with Crippen molar-refractivity contribution in [3.05, 3.63) is 74.4 Å². The largest absolute Gasteiger partial charge is 0.337 e. The number of aryl methyl sites for hydroxylation is 1. The summed E-state index contributed by atoms with van der Waals surface area (Å²) in [6.45, 7) is 22.8. The number of rotatable bonds is 20. The maximum atomic E-state index is 12.9. The molecule has 0 aliphatic heterocycles. The van der Waals surface area contributed by atoms with Gasteiger partial charge in [-0.1, -0.05) is 44.2 Å². The van der Waals surface area contributed by atoms with Crippen LogP contribution in [0.4, 0.5) is 21.0 Å². The zero-order chi connectivity index (χ0) is 29.2. The molecule has 1 aromatic rings. The highest BCUT2D eigenvalue weighted by molar-refractivity contribution is 5.93. The minimum Gasteiger partial charge on any atom is -0.337 e. The van der Waals surface area contributed by atoms with Gasteiger partial charge >= 0.3 is 12.1 Å². The topological polar surface area (TPSA) is 82.3 Å². The molecule has 0 aliphatic rings. The van der Waals surface area contributed by atoms with Crippen LogP contribution >= 0.6 is 0 Å². The van der Waals surface area contributed by atoms with Gasteiger partial charge in [0, 0.05) is 24.5 Å². The van der Waals surface area contributed by atoms with Crippen molar-refractivity contribution in [3.8, 4) is 0 Å². The van der Waals surface area contributed by atoms with Gasteiger partial charge in [-0.25, -0.2) is 9.59 Å². The van der Waals surface area contributed by atoms with Crippen molar-refractivity contribution in [2.75, 3.05) is 23.7 Å². The SMILES string of the molecule is C=CCCC(CC)(CCC=C)CNC(=O)Nc1ccc(C)c(NC(=O)NCC(CC)(CCC=C)CCC=C)c1. The first-order valence-corrected chi connectivity index (χ1v) is 14.4. The lowest BCUT2D eigenvalue weighted by molar-refractivity contribution is 0.213. The molecule has 0 aliphatic carbocycles. The van der Waals surface area contributed by atoms with Crippen molar-refractivity contribution in [1.29, 1.82) is 0 Å². The maximum Gasteiger partial charge on any atom is 0.319 e. The molecular formula is C33H52N4O2. The second-order valence-electron chi connectivity index (χ2n) is 10.7. The van der Waals surface area contributed by atoms with E-state index in [0.29, 0.717) is 24.5 Å². The Labute approximate surface area is 237 Å². The second-order valence-corrected chi connectivity index (χ2v) is 10.7. The summed E-state index contributed by atoms with van der Waals surface area (Å²) in [6, 6.07) is 5.00. The van der Waals surface area contributed by atoms with E-state index < -0.39 is 0 Å². The van der Waals surface area contributed by atoms with Gasteiger partial charge in [-0.3, -0.25) is 0 Å². The normalized spacial score (nSPS) is 11.3. The summed E-state index contributed by atoms with van der Waals surface area (Å²) in [6.07, 6.45) is 17.1. The average molecular weight is 537 g/mol. The van der Waals surface area contributed by atoms with Gasteiger partial charge in [0.1, 0.15) is 0 Å². The molecule has 1 rings (SSSR count). The van der Waals surface area contributed by atoms with Crippen LogP contribution in [0.15, 0.2) is 68.8 Å². The van der Waals surface area contributed by atoms with Crippen molar-refractivity contribution in [2.45, 2.75) is 85.0 Å². The van der Waals surface area contributed by atoms with Crippen molar-refractivity contribution < 1.29 is 9.59 Å². The molecule has 0 saturated carbocycles.